The molecule has 0 saturated carbocycles. The van der Waals surface area contributed by atoms with Gasteiger partial charge in [-0.3, -0.25) is 9.59 Å². The van der Waals surface area contributed by atoms with Crippen molar-refractivity contribution in [2.45, 2.75) is 12.6 Å². The lowest BCUT2D eigenvalue weighted by Crippen LogP contribution is -2.49. The zero-order valence-corrected chi connectivity index (χ0v) is 16.9. The second kappa shape index (κ2) is 10.2. The van der Waals surface area contributed by atoms with Gasteiger partial charge in [-0.15, -0.1) is 0 Å². The highest BCUT2D eigenvalue weighted by atomic mass is 19.4. The van der Waals surface area contributed by atoms with Crippen LogP contribution in [0.15, 0.2) is 54.6 Å². The first-order valence-corrected chi connectivity index (χ1v) is 9.97. The quantitative estimate of drug-likeness (QED) is 0.727. The van der Waals surface area contributed by atoms with Gasteiger partial charge in [-0.05, 0) is 30.3 Å². The molecule has 0 bridgehead atoms. The van der Waals surface area contributed by atoms with Gasteiger partial charge in [0.25, 0.3) is 5.91 Å². The van der Waals surface area contributed by atoms with Crippen molar-refractivity contribution in [1.29, 1.82) is 0 Å². The van der Waals surface area contributed by atoms with Crippen LogP contribution >= 0.6 is 0 Å². The van der Waals surface area contributed by atoms with Crippen LogP contribution in [0.5, 0.6) is 5.75 Å². The van der Waals surface area contributed by atoms with Gasteiger partial charge in [-0.25, -0.2) is 0 Å². The Morgan fingerprint density at radius 1 is 0.968 bits per heavy atom. The Morgan fingerprint density at radius 2 is 1.68 bits per heavy atom. The number of benzene rings is 2. The first kappa shape index (κ1) is 22.5. The average Bonchev–Trinajstić information content (AvgIpc) is 2.78. The smallest absolute Gasteiger partial charge is 0.416 e. The van der Waals surface area contributed by atoms with Gasteiger partial charge in [0, 0.05) is 44.8 Å². The number of hydrogen-bond acceptors (Lipinski definition) is 4. The number of ether oxygens (including phenoxy) is 1. The normalized spacial score (nSPS) is 14.3. The van der Waals surface area contributed by atoms with Crippen LogP contribution in [0.1, 0.15) is 12.0 Å². The standard InChI is InChI=1S/C22H24F3N3O3/c23-22(24,25)17-5-4-8-19(15-17)31-16-20(29)26-10-9-21(30)28-13-11-27(12-14-28)18-6-2-1-3-7-18/h1-8,15H,9-14,16H2,(H,26,29). The van der Waals surface area contributed by atoms with Crippen LogP contribution in [-0.4, -0.2) is 56.0 Å². The molecule has 1 N–H and O–H groups in total. The van der Waals surface area contributed by atoms with E-state index in [9.17, 15) is 22.8 Å². The van der Waals surface area contributed by atoms with Gasteiger partial charge in [-0.2, -0.15) is 13.2 Å². The van der Waals surface area contributed by atoms with Crippen LogP contribution in [-0.2, 0) is 15.8 Å². The van der Waals surface area contributed by atoms with Crippen molar-refractivity contribution >= 4 is 17.5 Å². The summed E-state index contributed by atoms with van der Waals surface area (Å²) in [5.74, 6) is -0.594. The lowest BCUT2D eigenvalue weighted by atomic mass is 10.2. The topological polar surface area (TPSA) is 61.9 Å². The van der Waals surface area contributed by atoms with Gasteiger partial charge in [0.15, 0.2) is 6.61 Å². The second-order valence-electron chi connectivity index (χ2n) is 7.12. The van der Waals surface area contributed by atoms with Crippen LogP contribution in [0.25, 0.3) is 0 Å². The summed E-state index contributed by atoms with van der Waals surface area (Å²) in [6.07, 6.45) is -4.32. The fraction of sp³-hybridized carbons (Fsp3) is 0.364. The van der Waals surface area contributed by atoms with Crippen molar-refractivity contribution in [1.82, 2.24) is 10.2 Å². The maximum absolute atomic E-state index is 12.7. The van der Waals surface area contributed by atoms with Gasteiger partial charge in [0.2, 0.25) is 5.91 Å². The molecule has 0 radical (unpaired) electrons. The minimum absolute atomic E-state index is 0.0441. The molecule has 1 aliphatic heterocycles. The van der Waals surface area contributed by atoms with E-state index in [0.29, 0.717) is 13.1 Å². The number of carbonyl (C=O) groups excluding carboxylic acids is 2. The molecule has 166 valence electrons. The van der Waals surface area contributed by atoms with Crippen molar-refractivity contribution in [3.63, 3.8) is 0 Å². The third-order valence-electron chi connectivity index (χ3n) is 4.95. The number of alkyl halides is 3. The highest BCUT2D eigenvalue weighted by Crippen LogP contribution is 2.31. The first-order chi connectivity index (χ1) is 14.8. The fourth-order valence-corrected chi connectivity index (χ4v) is 3.28. The fourth-order valence-electron chi connectivity index (χ4n) is 3.28. The van der Waals surface area contributed by atoms with E-state index < -0.39 is 24.3 Å². The zero-order chi connectivity index (χ0) is 22.3. The Labute approximate surface area is 178 Å². The molecule has 1 saturated heterocycles. The lowest BCUT2D eigenvalue weighted by Gasteiger charge is -2.36. The highest BCUT2D eigenvalue weighted by molar-refractivity contribution is 5.80. The first-order valence-electron chi connectivity index (χ1n) is 9.97. The Bertz CT molecular complexity index is 882. The van der Waals surface area contributed by atoms with Gasteiger partial charge >= 0.3 is 6.18 Å². The minimum atomic E-state index is -4.48. The van der Waals surface area contributed by atoms with E-state index >= 15 is 0 Å². The molecule has 3 rings (SSSR count). The second-order valence-corrected chi connectivity index (χ2v) is 7.12. The molecule has 9 heteroatoms. The summed E-state index contributed by atoms with van der Waals surface area (Å²) in [5, 5.41) is 2.56. The van der Waals surface area contributed by atoms with Crippen molar-refractivity contribution in [3.05, 3.63) is 60.2 Å². The largest absolute Gasteiger partial charge is 0.484 e. The maximum atomic E-state index is 12.7. The van der Waals surface area contributed by atoms with Crippen molar-refractivity contribution in [2.24, 2.45) is 0 Å². The Balaban J connectivity index is 1.35. The third-order valence-corrected chi connectivity index (χ3v) is 4.95. The van der Waals surface area contributed by atoms with Crippen molar-refractivity contribution in [2.75, 3.05) is 44.2 Å². The molecule has 2 aromatic rings. The van der Waals surface area contributed by atoms with E-state index in [2.05, 4.69) is 10.2 Å². The molecule has 0 aromatic heterocycles. The molecule has 1 fully saturated rings. The van der Waals surface area contributed by atoms with Gasteiger partial charge in [0.05, 0.1) is 5.56 Å². The van der Waals surface area contributed by atoms with E-state index in [1.54, 1.807) is 4.90 Å². The molecule has 2 amide bonds. The summed E-state index contributed by atoms with van der Waals surface area (Å²) in [6.45, 7) is 2.42. The number of nitrogens with one attached hydrogen (secondary N) is 1. The number of para-hydroxylation sites is 1. The summed E-state index contributed by atoms with van der Waals surface area (Å²) in [6, 6.07) is 14.3. The lowest BCUT2D eigenvalue weighted by molar-refractivity contribution is -0.137. The van der Waals surface area contributed by atoms with Crippen LogP contribution in [0, 0.1) is 0 Å². The number of carbonyl (C=O) groups is 2. The number of hydrogen-bond donors (Lipinski definition) is 1. The summed E-state index contributed by atoms with van der Waals surface area (Å²) < 4.78 is 43.2. The number of halogens is 3. The van der Waals surface area contributed by atoms with E-state index in [1.807, 2.05) is 30.3 Å². The molecule has 1 heterocycles. The molecule has 1 aliphatic rings. The molecule has 0 aliphatic carbocycles. The number of nitrogens with zero attached hydrogens (tertiary/aromatic N) is 2. The molecular weight excluding hydrogens is 411 g/mol. The van der Waals surface area contributed by atoms with Crippen LogP contribution in [0.2, 0.25) is 0 Å². The van der Waals surface area contributed by atoms with E-state index in [-0.39, 0.29) is 24.6 Å². The third kappa shape index (κ3) is 6.63. The number of rotatable bonds is 7. The summed E-state index contributed by atoms with van der Waals surface area (Å²) in [4.78, 5) is 28.2. The van der Waals surface area contributed by atoms with Gasteiger partial charge in [-0.1, -0.05) is 24.3 Å². The van der Waals surface area contributed by atoms with Crippen LogP contribution < -0.4 is 15.0 Å². The SMILES string of the molecule is O=C(COc1cccc(C(F)(F)F)c1)NCCC(=O)N1CCN(c2ccccc2)CC1. The molecule has 0 spiro atoms. The zero-order valence-electron chi connectivity index (χ0n) is 16.9. The van der Waals surface area contributed by atoms with Gasteiger partial charge < -0.3 is 19.9 Å². The molecule has 6 nitrogen and oxygen atoms in total. The summed E-state index contributed by atoms with van der Waals surface area (Å²) in [5.41, 5.74) is 0.283. The number of amides is 2. The monoisotopic (exact) mass is 435 g/mol. The predicted molar refractivity (Wildman–Crippen MR) is 110 cm³/mol. The van der Waals surface area contributed by atoms with E-state index in [0.717, 1.165) is 30.9 Å². The molecule has 0 unspecified atom stereocenters. The number of piperazine rings is 1. The van der Waals surface area contributed by atoms with Crippen LogP contribution in [0.3, 0.4) is 0 Å². The average molecular weight is 435 g/mol. The molecule has 31 heavy (non-hydrogen) atoms. The molecule has 2 aromatic carbocycles. The van der Waals surface area contributed by atoms with Gasteiger partial charge in [0.1, 0.15) is 5.75 Å². The Kier molecular flexibility index (Phi) is 7.38. The minimum Gasteiger partial charge on any atom is -0.484 e. The predicted octanol–water partition coefficient (Wildman–Crippen LogP) is 2.94. The van der Waals surface area contributed by atoms with Crippen molar-refractivity contribution in [3.8, 4) is 5.75 Å². The van der Waals surface area contributed by atoms with Crippen molar-refractivity contribution < 1.29 is 27.5 Å². The number of anilines is 1. The molecule has 0 atom stereocenters. The summed E-state index contributed by atoms with van der Waals surface area (Å²) in [7, 11) is 0. The van der Waals surface area contributed by atoms with E-state index in [4.69, 9.17) is 4.74 Å². The maximum Gasteiger partial charge on any atom is 0.416 e. The van der Waals surface area contributed by atoms with Crippen LogP contribution in [0.4, 0.5) is 18.9 Å². The Hall–Kier alpha value is -3.23. The Morgan fingerprint density at radius 3 is 2.35 bits per heavy atom. The van der Waals surface area contributed by atoms with E-state index in [1.165, 1.54) is 12.1 Å². The molecular formula is C22H24F3N3O3. The summed E-state index contributed by atoms with van der Waals surface area (Å²) >= 11 is 0. The highest BCUT2D eigenvalue weighted by Gasteiger charge is 2.30.